The van der Waals surface area contributed by atoms with Crippen LogP contribution in [0, 0.1) is 12.7 Å². The van der Waals surface area contributed by atoms with Gasteiger partial charge >= 0.3 is 0 Å². The van der Waals surface area contributed by atoms with Crippen LogP contribution in [0.25, 0.3) is 0 Å². The van der Waals surface area contributed by atoms with Gasteiger partial charge in [-0.15, -0.1) is 0 Å². The summed E-state index contributed by atoms with van der Waals surface area (Å²) >= 11 is 0. The summed E-state index contributed by atoms with van der Waals surface area (Å²) in [4.78, 5) is 0. The van der Waals surface area contributed by atoms with Gasteiger partial charge in [0.25, 0.3) is 0 Å². The zero-order valence-corrected chi connectivity index (χ0v) is 8.18. The first-order valence-electron chi connectivity index (χ1n) is 4.60. The first-order chi connectivity index (χ1) is 6.24. The van der Waals surface area contributed by atoms with E-state index in [1.54, 1.807) is 6.07 Å². The second-order valence-electron chi connectivity index (χ2n) is 3.20. The van der Waals surface area contributed by atoms with Gasteiger partial charge in [0.2, 0.25) is 0 Å². The molecule has 0 saturated carbocycles. The number of benzene rings is 1. The van der Waals surface area contributed by atoms with Crippen molar-refractivity contribution < 1.29 is 4.39 Å². The third kappa shape index (κ3) is 3.02. The van der Waals surface area contributed by atoms with Gasteiger partial charge in [-0.2, -0.15) is 0 Å². The van der Waals surface area contributed by atoms with Crippen LogP contribution in [-0.2, 0) is 6.42 Å². The molecule has 0 aliphatic heterocycles. The second kappa shape index (κ2) is 4.80. The Morgan fingerprint density at radius 2 is 2.15 bits per heavy atom. The van der Waals surface area contributed by atoms with Gasteiger partial charge < -0.3 is 0 Å². The summed E-state index contributed by atoms with van der Waals surface area (Å²) in [5.41, 5.74) is 1.79. The molecular formula is C12H15F. The molecule has 0 N–H and O–H groups in total. The van der Waals surface area contributed by atoms with Crippen LogP contribution in [0.2, 0.25) is 0 Å². The van der Waals surface area contributed by atoms with Crippen LogP contribution in [-0.4, -0.2) is 0 Å². The predicted molar refractivity (Wildman–Crippen MR) is 54.3 cm³/mol. The maximum atomic E-state index is 13.3. The minimum Gasteiger partial charge on any atom is -0.207 e. The van der Waals surface area contributed by atoms with Gasteiger partial charge in [0.1, 0.15) is 5.82 Å². The summed E-state index contributed by atoms with van der Waals surface area (Å²) in [6.07, 6.45) is 5.75. The molecule has 0 spiro atoms. The highest BCUT2D eigenvalue weighted by Crippen LogP contribution is 2.11. The molecule has 0 aliphatic rings. The fraction of sp³-hybridized carbons (Fsp3) is 0.333. The first kappa shape index (κ1) is 9.97. The van der Waals surface area contributed by atoms with E-state index < -0.39 is 0 Å². The fourth-order valence-corrected chi connectivity index (χ4v) is 1.26. The molecule has 0 amide bonds. The van der Waals surface area contributed by atoms with Crippen LogP contribution < -0.4 is 0 Å². The Morgan fingerprint density at radius 1 is 1.38 bits per heavy atom. The minimum absolute atomic E-state index is 0.0792. The Kier molecular flexibility index (Phi) is 3.69. The monoisotopic (exact) mass is 178 g/mol. The molecule has 0 nitrogen and oxygen atoms in total. The third-order valence-corrected chi connectivity index (χ3v) is 2.02. The third-order valence-electron chi connectivity index (χ3n) is 2.02. The smallest absolute Gasteiger partial charge is 0.126 e. The maximum Gasteiger partial charge on any atom is 0.126 e. The van der Waals surface area contributed by atoms with Gasteiger partial charge in [0.15, 0.2) is 0 Å². The average molecular weight is 178 g/mol. The summed E-state index contributed by atoms with van der Waals surface area (Å²) in [6, 6.07) is 5.41. The zero-order valence-electron chi connectivity index (χ0n) is 8.18. The van der Waals surface area contributed by atoms with Gasteiger partial charge in [-0.3, -0.25) is 0 Å². The lowest BCUT2D eigenvalue weighted by molar-refractivity contribution is 0.608. The summed E-state index contributed by atoms with van der Waals surface area (Å²) < 4.78 is 13.3. The van der Waals surface area contributed by atoms with Crippen LogP contribution in [0.15, 0.2) is 30.4 Å². The number of aryl methyl sites for hydroxylation is 2. The van der Waals surface area contributed by atoms with Crippen molar-refractivity contribution in [2.24, 2.45) is 0 Å². The van der Waals surface area contributed by atoms with E-state index in [1.807, 2.05) is 32.1 Å². The second-order valence-corrected chi connectivity index (χ2v) is 3.20. The van der Waals surface area contributed by atoms with Gasteiger partial charge in [-0.1, -0.05) is 24.3 Å². The highest BCUT2D eigenvalue weighted by molar-refractivity contribution is 5.23. The number of halogens is 1. The van der Waals surface area contributed by atoms with E-state index in [9.17, 15) is 4.39 Å². The van der Waals surface area contributed by atoms with Gasteiger partial charge in [-0.25, -0.2) is 4.39 Å². The first-order valence-corrected chi connectivity index (χ1v) is 4.60. The molecular weight excluding hydrogens is 163 g/mol. The lowest BCUT2D eigenvalue weighted by atomic mass is 10.1. The summed E-state index contributed by atoms with van der Waals surface area (Å²) in [6.45, 7) is 3.88. The van der Waals surface area contributed by atoms with E-state index in [4.69, 9.17) is 0 Å². The highest BCUT2D eigenvalue weighted by Gasteiger charge is 1.99. The Morgan fingerprint density at radius 3 is 2.77 bits per heavy atom. The van der Waals surface area contributed by atoms with E-state index in [2.05, 4.69) is 6.08 Å². The van der Waals surface area contributed by atoms with Crippen molar-refractivity contribution in [3.05, 3.63) is 47.3 Å². The van der Waals surface area contributed by atoms with Crippen LogP contribution in [0.3, 0.4) is 0 Å². The van der Waals surface area contributed by atoms with E-state index in [-0.39, 0.29) is 5.82 Å². The van der Waals surface area contributed by atoms with Crippen LogP contribution in [0.1, 0.15) is 24.5 Å². The van der Waals surface area contributed by atoms with Gasteiger partial charge in [0, 0.05) is 0 Å². The molecule has 0 saturated heterocycles. The normalized spacial score (nSPS) is 11.0. The predicted octanol–water partition coefficient (Wildman–Crippen LogP) is 3.64. The van der Waals surface area contributed by atoms with E-state index in [0.717, 1.165) is 24.0 Å². The Balaban J connectivity index is 2.66. The minimum atomic E-state index is -0.0792. The number of rotatable bonds is 3. The average Bonchev–Trinajstić information content (AvgIpc) is 2.09. The van der Waals surface area contributed by atoms with Crippen molar-refractivity contribution in [3.8, 4) is 0 Å². The molecule has 0 radical (unpaired) electrons. The van der Waals surface area contributed by atoms with Crippen molar-refractivity contribution >= 4 is 0 Å². The Bertz CT molecular complexity index is 300. The van der Waals surface area contributed by atoms with Crippen LogP contribution in [0.4, 0.5) is 4.39 Å². The molecule has 13 heavy (non-hydrogen) atoms. The van der Waals surface area contributed by atoms with E-state index >= 15 is 0 Å². The highest BCUT2D eigenvalue weighted by atomic mass is 19.1. The molecule has 70 valence electrons. The quantitative estimate of drug-likeness (QED) is 0.620. The van der Waals surface area contributed by atoms with Crippen molar-refractivity contribution in [2.75, 3.05) is 0 Å². The van der Waals surface area contributed by atoms with Crippen molar-refractivity contribution in [1.82, 2.24) is 0 Å². The molecule has 0 unspecified atom stereocenters. The molecule has 0 atom stereocenters. The molecule has 0 fully saturated rings. The number of hydrogen-bond acceptors (Lipinski definition) is 0. The van der Waals surface area contributed by atoms with Gasteiger partial charge in [-0.05, 0) is 43.9 Å². The largest absolute Gasteiger partial charge is 0.207 e. The molecule has 0 aromatic heterocycles. The summed E-state index contributed by atoms with van der Waals surface area (Å²) in [5.74, 6) is -0.0792. The molecule has 1 aromatic carbocycles. The molecule has 1 rings (SSSR count). The topological polar surface area (TPSA) is 0 Å². The van der Waals surface area contributed by atoms with Crippen molar-refractivity contribution in [3.63, 3.8) is 0 Å². The molecule has 1 aromatic rings. The van der Waals surface area contributed by atoms with Crippen molar-refractivity contribution in [1.29, 1.82) is 0 Å². The Hall–Kier alpha value is -1.11. The summed E-state index contributed by atoms with van der Waals surface area (Å²) in [5, 5.41) is 0. The molecule has 1 heteroatoms. The summed E-state index contributed by atoms with van der Waals surface area (Å²) in [7, 11) is 0. The lowest BCUT2D eigenvalue weighted by Gasteiger charge is -2.01. The van der Waals surface area contributed by atoms with E-state index in [1.165, 1.54) is 0 Å². The molecule has 0 aliphatic carbocycles. The van der Waals surface area contributed by atoms with Crippen molar-refractivity contribution in [2.45, 2.75) is 26.7 Å². The lowest BCUT2D eigenvalue weighted by Crippen LogP contribution is -1.90. The van der Waals surface area contributed by atoms with Crippen LogP contribution in [0.5, 0.6) is 0 Å². The standard InChI is InChI=1S/C12H15F/c1-3-4-5-6-11-8-7-10(2)9-12(11)13/h3-4,7-9H,5-6H2,1-2H3. The maximum absolute atomic E-state index is 13.3. The number of allylic oxidation sites excluding steroid dienone is 2. The molecule has 0 bridgehead atoms. The Labute approximate surface area is 79.1 Å². The van der Waals surface area contributed by atoms with E-state index in [0.29, 0.717) is 0 Å². The fourth-order valence-electron chi connectivity index (χ4n) is 1.26. The van der Waals surface area contributed by atoms with Gasteiger partial charge in [0.05, 0.1) is 0 Å². The zero-order chi connectivity index (χ0) is 9.68. The number of hydrogen-bond donors (Lipinski definition) is 0. The molecule has 0 heterocycles. The SMILES string of the molecule is CC=CCCc1ccc(C)cc1F. The van der Waals surface area contributed by atoms with Crippen LogP contribution >= 0.6 is 0 Å².